The molecule has 7 nitrogen and oxygen atoms in total. The molecule has 1 aromatic heterocycles. The molecule has 0 saturated carbocycles. The Bertz CT molecular complexity index is 1280. The molecule has 35 heavy (non-hydrogen) atoms. The van der Waals surface area contributed by atoms with Crippen LogP contribution in [0.25, 0.3) is 11.0 Å². The van der Waals surface area contributed by atoms with Crippen molar-refractivity contribution >= 4 is 16.9 Å². The number of benzene rings is 2. The predicted octanol–water partition coefficient (Wildman–Crippen LogP) is 5.09. The van der Waals surface area contributed by atoms with E-state index in [1.807, 2.05) is 25.1 Å². The average Bonchev–Trinajstić information content (AvgIpc) is 3.48. The number of nitrogens with zero attached hydrogens (tertiary/aromatic N) is 1. The summed E-state index contributed by atoms with van der Waals surface area (Å²) >= 11 is 0. The zero-order valence-electron chi connectivity index (χ0n) is 20.2. The van der Waals surface area contributed by atoms with Gasteiger partial charge in [-0.2, -0.15) is 0 Å². The molecular formula is C28H31NO6. The lowest BCUT2D eigenvalue weighted by Gasteiger charge is -2.28. The fourth-order valence-electron chi connectivity index (χ4n) is 4.92. The lowest BCUT2D eigenvalue weighted by atomic mass is 9.97. The predicted molar refractivity (Wildman–Crippen MR) is 132 cm³/mol. The molecule has 7 heteroatoms. The number of hydrogen-bond donors (Lipinski definition) is 0. The molecule has 0 bridgehead atoms. The molecule has 0 radical (unpaired) electrons. The maximum absolute atomic E-state index is 13.7. The van der Waals surface area contributed by atoms with E-state index in [1.54, 1.807) is 29.2 Å². The van der Waals surface area contributed by atoms with E-state index in [-0.39, 0.29) is 23.2 Å². The third-order valence-corrected chi connectivity index (χ3v) is 6.64. The molecule has 0 aliphatic carbocycles. The molecule has 3 heterocycles. The van der Waals surface area contributed by atoms with E-state index in [1.165, 1.54) is 0 Å². The molecule has 184 valence electrons. The summed E-state index contributed by atoms with van der Waals surface area (Å²) in [5.41, 5.74) is 1.38. The molecule has 2 aliphatic heterocycles. The highest BCUT2D eigenvalue weighted by Crippen LogP contribution is 2.41. The van der Waals surface area contributed by atoms with Gasteiger partial charge in [-0.3, -0.25) is 9.59 Å². The first-order valence-electron chi connectivity index (χ1n) is 12.5. The second kappa shape index (κ2) is 10.1. The van der Waals surface area contributed by atoms with Crippen molar-refractivity contribution in [3.8, 4) is 11.5 Å². The Balaban J connectivity index is 1.62. The number of amides is 1. The van der Waals surface area contributed by atoms with E-state index in [9.17, 15) is 9.59 Å². The molecule has 1 fully saturated rings. The van der Waals surface area contributed by atoms with Crippen LogP contribution in [-0.4, -0.2) is 43.3 Å². The third-order valence-electron chi connectivity index (χ3n) is 6.64. The fraction of sp³-hybridized carbons (Fsp3) is 0.429. The Kier molecular flexibility index (Phi) is 6.77. The van der Waals surface area contributed by atoms with Gasteiger partial charge in [-0.15, -0.1) is 0 Å². The van der Waals surface area contributed by atoms with Crippen LogP contribution < -0.4 is 14.9 Å². The summed E-state index contributed by atoms with van der Waals surface area (Å²) in [6, 6.07) is 12.1. The number of rotatable bonds is 9. The van der Waals surface area contributed by atoms with E-state index in [0.29, 0.717) is 54.4 Å². The smallest absolute Gasteiger partial charge is 0.291 e. The number of ether oxygens (including phenoxy) is 3. The van der Waals surface area contributed by atoms with E-state index >= 15 is 0 Å². The molecule has 0 unspecified atom stereocenters. The van der Waals surface area contributed by atoms with Crippen molar-refractivity contribution in [3.05, 3.63) is 69.6 Å². The second-order valence-corrected chi connectivity index (χ2v) is 9.01. The van der Waals surface area contributed by atoms with Crippen LogP contribution in [-0.2, 0) is 4.74 Å². The molecule has 3 aromatic rings. The van der Waals surface area contributed by atoms with Crippen molar-refractivity contribution in [2.75, 3.05) is 26.4 Å². The Labute approximate surface area is 204 Å². The Morgan fingerprint density at radius 1 is 1.06 bits per heavy atom. The van der Waals surface area contributed by atoms with Crippen molar-refractivity contribution in [2.45, 2.75) is 51.7 Å². The quantitative estimate of drug-likeness (QED) is 0.399. The van der Waals surface area contributed by atoms with Crippen molar-refractivity contribution in [3.63, 3.8) is 0 Å². The molecule has 2 atom stereocenters. The minimum atomic E-state index is -0.591. The van der Waals surface area contributed by atoms with Crippen LogP contribution in [0.5, 0.6) is 11.5 Å². The number of unbranched alkanes of at least 4 members (excludes halogenated alkanes) is 1. The minimum absolute atomic E-state index is 0.0664. The first-order chi connectivity index (χ1) is 17.1. The van der Waals surface area contributed by atoms with Crippen LogP contribution in [0.15, 0.2) is 51.7 Å². The van der Waals surface area contributed by atoms with Gasteiger partial charge in [0.2, 0.25) is 5.76 Å². The van der Waals surface area contributed by atoms with Gasteiger partial charge in [0.25, 0.3) is 5.91 Å². The zero-order chi connectivity index (χ0) is 24.4. The van der Waals surface area contributed by atoms with Crippen LogP contribution in [0.3, 0.4) is 0 Å². The van der Waals surface area contributed by atoms with Gasteiger partial charge in [-0.05, 0) is 56.0 Å². The van der Waals surface area contributed by atoms with Crippen LogP contribution in [0, 0.1) is 0 Å². The normalized spacial score (nSPS) is 19.4. The number of carbonyl (C=O) groups excluding carboxylic acids is 1. The van der Waals surface area contributed by atoms with Gasteiger partial charge in [-0.25, -0.2) is 0 Å². The molecular weight excluding hydrogens is 446 g/mol. The minimum Gasteiger partial charge on any atom is -0.490 e. The molecule has 1 amide bonds. The average molecular weight is 478 g/mol. The van der Waals surface area contributed by atoms with Crippen LogP contribution in [0.2, 0.25) is 0 Å². The Morgan fingerprint density at radius 2 is 1.91 bits per heavy atom. The van der Waals surface area contributed by atoms with E-state index in [2.05, 4.69) is 6.92 Å². The van der Waals surface area contributed by atoms with Gasteiger partial charge in [0.05, 0.1) is 36.3 Å². The topological polar surface area (TPSA) is 78.2 Å². The van der Waals surface area contributed by atoms with Gasteiger partial charge in [-0.1, -0.05) is 31.5 Å². The summed E-state index contributed by atoms with van der Waals surface area (Å²) in [5.74, 6) is 1.08. The highest BCUT2D eigenvalue weighted by atomic mass is 16.5. The van der Waals surface area contributed by atoms with Gasteiger partial charge in [0, 0.05) is 13.2 Å². The van der Waals surface area contributed by atoms with Crippen molar-refractivity contribution in [1.82, 2.24) is 4.90 Å². The zero-order valence-corrected chi connectivity index (χ0v) is 20.2. The SMILES string of the molecule is CCCCOc1ccc([C@H]2c3c(oc4ccccc4c3=O)C(=O)N2C[C@H]2CCCO2)cc1OCC. The van der Waals surface area contributed by atoms with Gasteiger partial charge in [0.15, 0.2) is 16.9 Å². The summed E-state index contributed by atoms with van der Waals surface area (Å²) in [4.78, 5) is 29.0. The van der Waals surface area contributed by atoms with Crippen LogP contribution in [0.1, 0.15) is 67.3 Å². The summed E-state index contributed by atoms with van der Waals surface area (Å²) in [6.45, 7) is 6.18. The summed E-state index contributed by atoms with van der Waals surface area (Å²) in [6.07, 6.45) is 3.75. The lowest BCUT2D eigenvalue weighted by Crippen LogP contribution is -2.36. The number of fused-ring (bicyclic) bond motifs is 2. The molecule has 5 rings (SSSR count). The van der Waals surface area contributed by atoms with Gasteiger partial charge < -0.3 is 23.5 Å². The highest BCUT2D eigenvalue weighted by molar-refractivity contribution is 5.99. The maximum atomic E-state index is 13.7. The van der Waals surface area contributed by atoms with Gasteiger partial charge in [0.1, 0.15) is 5.58 Å². The van der Waals surface area contributed by atoms with Crippen LogP contribution in [0.4, 0.5) is 0 Å². The largest absolute Gasteiger partial charge is 0.490 e. The van der Waals surface area contributed by atoms with Crippen molar-refractivity contribution < 1.29 is 23.4 Å². The second-order valence-electron chi connectivity index (χ2n) is 9.01. The van der Waals surface area contributed by atoms with E-state index < -0.39 is 6.04 Å². The van der Waals surface area contributed by atoms with Crippen LogP contribution >= 0.6 is 0 Å². The van der Waals surface area contributed by atoms with E-state index in [0.717, 1.165) is 31.2 Å². The van der Waals surface area contributed by atoms with E-state index in [4.69, 9.17) is 18.6 Å². The first kappa shape index (κ1) is 23.4. The lowest BCUT2D eigenvalue weighted by molar-refractivity contribution is 0.0486. The number of para-hydroxylation sites is 1. The molecule has 2 aliphatic rings. The monoisotopic (exact) mass is 477 g/mol. The summed E-state index contributed by atoms with van der Waals surface area (Å²) < 4.78 is 23.7. The van der Waals surface area contributed by atoms with Crippen molar-refractivity contribution in [1.29, 1.82) is 0 Å². The summed E-state index contributed by atoms with van der Waals surface area (Å²) in [5, 5.41) is 0.465. The molecule has 0 spiro atoms. The molecule has 1 saturated heterocycles. The van der Waals surface area contributed by atoms with Crippen molar-refractivity contribution in [2.24, 2.45) is 0 Å². The van der Waals surface area contributed by atoms with Gasteiger partial charge >= 0.3 is 0 Å². The Morgan fingerprint density at radius 3 is 2.69 bits per heavy atom. The Hall–Kier alpha value is -3.32. The standard InChI is InChI=1S/C28H31NO6/c1-3-5-14-34-22-13-12-18(16-23(22)32-4-2)25-24-26(30)20-10-6-7-11-21(20)35-27(24)28(31)29(25)17-19-9-8-15-33-19/h6-7,10-13,16,19,25H,3-5,8-9,14-15,17H2,1-2H3/t19-,25+/m1/s1. The first-order valence-corrected chi connectivity index (χ1v) is 12.5. The maximum Gasteiger partial charge on any atom is 0.291 e. The third kappa shape index (κ3) is 4.41. The number of carbonyl (C=O) groups is 1. The summed E-state index contributed by atoms with van der Waals surface area (Å²) in [7, 11) is 0. The fourth-order valence-corrected chi connectivity index (χ4v) is 4.92. The molecule has 0 N–H and O–H groups in total. The number of hydrogen-bond acceptors (Lipinski definition) is 6. The highest BCUT2D eigenvalue weighted by Gasteiger charge is 2.44. The molecule has 2 aromatic carbocycles.